The van der Waals surface area contributed by atoms with Gasteiger partial charge in [0.1, 0.15) is 11.8 Å². The van der Waals surface area contributed by atoms with Crippen LogP contribution in [0.2, 0.25) is 0 Å². The van der Waals surface area contributed by atoms with Crippen molar-refractivity contribution in [2.24, 2.45) is 5.73 Å². The molecule has 0 aromatic heterocycles. The molecule has 1 amide bonds. The number of carboxylic acids is 1. The van der Waals surface area contributed by atoms with Crippen molar-refractivity contribution < 1.29 is 19.4 Å². The molecule has 1 atom stereocenters. The SMILES string of the molecule is COc1ccc(CC(N)C(=O)O)cc1NC(C)=O. The van der Waals surface area contributed by atoms with Gasteiger partial charge in [0.05, 0.1) is 12.8 Å². The predicted molar refractivity (Wildman–Crippen MR) is 66.6 cm³/mol. The molecule has 98 valence electrons. The van der Waals surface area contributed by atoms with E-state index in [-0.39, 0.29) is 12.3 Å². The van der Waals surface area contributed by atoms with E-state index in [0.717, 1.165) is 5.56 Å². The molecule has 0 aliphatic rings. The van der Waals surface area contributed by atoms with E-state index in [1.54, 1.807) is 18.2 Å². The molecule has 0 aliphatic heterocycles. The number of carbonyl (C=O) groups is 2. The summed E-state index contributed by atoms with van der Waals surface area (Å²) in [6, 6.07) is 4.06. The Labute approximate surface area is 105 Å². The van der Waals surface area contributed by atoms with Gasteiger partial charge in [-0.25, -0.2) is 0 Å². The normalized spacial score (nSPS) is 11.7. The summed E-state index contributed by atoms with van der Waals surface area (Å²) in [5.74, 6) is -0.780. The minimum absolute atomic E-state index is 0.186. The lowest BCUT2D eigenvalue weighted by atomic mass is 10.1. The topological polar surface area (TPSA) is 102 Å². The number of carboxylic acid groups (broad SMARTS) is 1. The van der Waals surface area contributed by atoms with Gasteiger partial charge in [-0.2, -0.15) is 0 Å². The Morgan fingerprint density at radius 2 is 2.17 bits per heavy atom. The molecular formula is C12H16N2O4. The van der Waals surface area contributed by atoms with Crippen LogP contribution in [0.3, 0.4) is 0 Å². The number of nitrogens with two attached hydrogens (primary N) is 1. The van der Waals surface area contributed by atoms with Crippen LogP contribution in [0.25, 0.3) is 0 Å². The van der Waals surface area contributed by atoms with E-state index in [0.29, 0.717) is 11.4 Å². The maximum absolute atomic E-state index is 11.0. The van der Waals surface area contributed by atoms with E-state index in [1.807, 2.05) is 0 Å². The maximum atomic E-state index is 11.0. The second-order valence-corrected chi connectivity index (χ2v) is 3.86. The lowest BCUT2D eigenvalue weighted by Crippen LogP contribution is -2.32. The molecule has 0 radical (unpaired) electrons. The Kier molecular flexibility index (Phi) is 4.67. The first kappa shape index (κ1) is 14.0. The molecule has 0 bridgehead atoms. The molecule has 0 heterocycles. The van der Waals surface area contributed by atoms with Crippen LogP contribution in [0.1, 0.15) is 12.5 Å². The first-order valence-corrected chi connectivity index (χ1v) is 5.37. The Bertz CT molecular complexity index is 459. The number of anilines is 1. The average Bonchev–Trinajstić information content (AvgIpc) is 2.28. The number of carbonyl (C=O) groups excluding carboxylic acids is 1. The largest absolute Gasteiger partial charge is 0.495 e. The Morgan fingerprint density at radius 3 is 2.67 bits per heavy atom. The number of benzene rings is 1. The van der Waals surface area contributed by atoms with Crippen LogP contribution in [0.4, 0.5) is 5.69 Å². The second-order valence-electron chi connectivity index (χ2n) is 3.86. The number of nitrogens with one attached hydrogen (secondary N) is 1. The lowest BCUT2D eigenvalue weighted by molar-refractivity contribution is -0.138. The molecule has 4 N–H and O–H groups in total. The quantitative estimate of drug-likeness (QED) is 0.712. The highest BCUT2D eigenvalue weighted by molar-refractivity contribution is 5.90. The fourth-order valence-corrected chi connectivity index (χ4v) is 1.51. The van der Waals surface area contributed by atoms with Crippen molar-refractivity contribution in [3.8, 4) is 5.75 Å². The van der Waals surface area contributed by atoms with Gasteiger partial charge in [-0.3, -0.25) is 9.59 Å². The van der Waals surface area contributed by atoms with E-state index < -0.39 is 12.0 Å². The van der Waals surface area contributed by atoms with E-state index >= 15 is 0 Å². The molecule has 1 aromatic rings. The summed E-state index contributed by atoms with van der Waals surface area (Å²) in [5.41, 5.74) is 6.67. The number of hydrogen-bond donors (Lipinski definition) is 3. The van der Waals surface area contributed by atoms with Crippen molar-refractivity contribution >= 4 is 17.6 Å². The highest BCUT2D eigenvalue weighted by atomic mass is 16.5. The van der Waals surface area contributed by atoms with Gasteiger partial charge < -0.3 is 20.9 Å². The van der Waals surface area contributed by atoms with Crippen LogP contribution in [0.15, 0.2) is 18.2 Å². The van der Waals surface area contributed by atoms with Crippen LogP contribution in [0, 0.1) is 0 Å². The van der Waals surface area contributed by atoms with Gasteiger partial charge in [0.2, 0.25) is 5.91 Å². The molecule has 0 fully saturated rings. The smallest absolute Gasteiger partial charge is 0.320 e. The molecule has 0 spiro atoms. The third-order valence-electron chi connectivity index (χ3n) is 2.35. The van der Waals surface area contributed by atoms with Gasteiger partial charge >= 0.3 is 5.97 Å². The molecular weight excluding hydrogens is 236 g/mol. The second kappa shape index (κ2) is 6.02. The molecule has 6 heteroatoms. The Balaban J connectivity index is 2.95. The highest BCUT2D eigenvalue weighted by Gasteiger charge is 2.13. The summed E-state index contributed by atoms with van der Waals surface area (Å²) >= 11 is 0. The average molecular weight is 252 g/mol. The van der Waals surface area contributed by atoms with Crippen LogP contribution in [-0.4, -0.2) is 30.1 Å². The highest BCUT2D eigenvalue weighted by Crippen LogP contribution is 2.25. The molecule has 18 heavy (non-hydrogen) atoms. The van der Waals surface area contributed by atoms with E-state index in [1.165, 1.54) is 14.0 Å². The summed E-state index contributed by atoms with van der Waals surface area (Å²) in [4.78, 5) is 21.7. The van der Waals surface area contributed by atoms with E-state index in [9.17, 15) is 9.59 Å². The number of rotatable bonds is 5. The summed E-state index contributed by atoms with van der Waals surface area (Å²) in [6.45, 7) is 1.38. The summed E-state index contributed by atoms with van der Waals surface area (Å²) in [5, 5.41) is 11.4. The molecule has 1 rings (SSSR count). The summed E-state index contributed by atoms with van der Waals surface area (Å²) < 4.78 is 5.09. The van der Waals surface area contributed by atoms with Gasteiger partial charge in [-0.15, -0.1) is 0 Å². The minimum atomic E-state index is -1.06. The minimum Gasteiger partial charge on any atom is -0.495 e. The molecule has 1 aromatic carbocycles. The Morgan fingerprint density at radius 1 is 1.50 bits per heavy atom. The number of methoxy groups -OCH3 is 1. The molecule has 6 nitrogen and oxygen atoms in total. The van der Waals surface area contributed by atoms with E-state index in [2.05, 4.69) is 5.32 Å². The first-order valence-electron chi connectivity index (χ1n) is 5.37. The maximum Gasteiger partial charge on any atom is 0.320 e. The van der Waals surface area contributed by atoms with Crippen molar-refractivity contribution in [3.05, 3.63) is 23.8 Å². The number of hydrogen-bond acceptors (Lipinski definition) is 4. The first-order chi connectivity index (χ1) is 8.43. The standard InChI is InChI=1S/C12H16N2O4/c1-7(15)14-10-6-8(3-4-11(10)18-2)5-9(13)12(16)17/h3-4,6,9H,5,13H2,1-2H3,(H,14,15)(H,16,17). The zero-order chi connectivity index (χ0) is 13.7. The van der Waals surface area contributed by atoms with Crippen molar-refractivity contribution in [1.29, 1.82) is 0 Å². The molecule has 0 saturated heterocycles. The van der Waals surface area contributed by atoms with Gasteiger partial charge in [0, 0.05) is 6.92 Å². The monoisotopic (exact) mass is 252 g/mol. The van der Waals surface area contributed by atoms with Crippen molar-refractivity contribution in [3.63, 3.8) is 0 Å². The van der Waals surface area contributed by atoms with Crippen molar-refractivity contribution in [2.45, 2.75) is 19.4 Å². The lowest BCUT2D eigenvalue weighted by Gasteiger charge is -2.12. The zero-order valence-corrected chi connectivity index (χ0v) is 10.3. The van der Waals surface area contributed by atoms with Crippen LogP contribution >= 0.6 is 0 Å². The van der Waals surface area contributed by atoms with Crippen molar-refractivity contribution in [2.75, 3.05) is 12.4 Å². The third kappa shape index (κ3) is 3.74. The van der Waals surface area contributed by atoms with Gasteiger partial charge in [0.15, 0.2) is 0 Å². The molecule has 1 unspecified atom stereocenters. The van der Waals surface area contributed by atoms with Crippen LogP contribution < -0.4 is 15.8 Å². The van der Waals surface area contributed by atoms with Crippen LogP contribution in [0.5, 0.6) is 5.75 Å². The third-order valence-corrected chi connectivity index (χ3v) is 2.35. The van der Waals surface area contributed by atoms with Crippen molar-refractivity contribution in [1.82, 2.24) is 0 Å². The zero-order valence-electron chi connectivity index (χ0n) is 10.3. The predicted octanol–water partition coefficient (Wildman–Crippen LogP) is 0.608. The summed E-state index contributed by atoms with van der Waals surface area (Å²) in [6.07, 6.45) is 0.186. The van der Waals surface area contributed by atoms with Gasteiger partial charge in [0.25, 0.3) is 0 Å². The fourth-order valence-electron chi connectivity index (χ4n) is 1.51. The van der Waals surface area contributed by atoms with E-state index in [4.69, 9.17) is 15.6 Å². The number of amides is 1. The fraction of sp³-hybridized carbons (Fsp3) is 0.333. The van der Waals surface area contributed by atoms with Crippen LogP contribution in [-0.2, 0) is 16.0 Å². The van der Waals surface area contributed by atoms with Gasteiger partial charge in [-0.05, 0) is 24.1 Å². The number of ether oxygens (including phenoxy) is 1. The molecule has 0 aliphatic carbocycles. The Hall–Kier alpha value is -2.08. The molecule has 0 saturated carbocycles. The summed E-state index contributed by atoms with van der Waals surface area (Å²) in [7, 11) is 1.49. The van der Waals surface area contributed by atoms with Gasteiger partial charge in [-0.1, -0.05) is 6.07 Å². The number of aliphatic carboxylic acids is 1.